The van der Waals surface area contributed by atoms with Gasteiger partial charge in [-0.25, -0.2) is 4.99 Å². The second-order valence-electron chi connectivity index (χ2n) is 9.35. The number of hydrogen-bond donors (Lipinski definition) is 1. The van der Waals surface area contributed by atoms with Crippen LogP contribution in [0.3, 0.4) is 0 Å². The van der Waals surface area contributed by atoms with Crippen molar-refractivity contribution in [2.45, 2.75) is 45.2 Å². The highest BCUT2D eigenvalue weighted by atomic mass is 32.3. The number of sulfonamides is 1. The smallest absolute Gasteiger partial charge is 0.278 e. The lowest BCUT2D eigenvalue weighted by Crippen LogP contribution is -2.43. The molecule has 0 aromatic heterocycles. The number of aliphatic imine (C=N–C) groups is 2. The molecule has 9 nitrogen and oxygen atoms in total. The van der Waals surface area contributed by atoms with E-state index in [1.165, 1.54) is 12.1 Å². The third-order valence-corrected chi connectivity index (χ3v) is 7.03. The lowest BCUT2D eigenvalue weighted by atomic mass is 9.85. The fourth-order valence-corrected chi connectivity index (χ4v) is 4.96. The molecule has 2 heterocycles. The number of benzene rings is 2. The maximum atomic E-state index is 13.1. The van der Waals surface area contributed by atoms with Gasteiger partial charge in [0.05, 0.1) is 24.4 Å². The van der Waals surface area contributed by atoms with Crippen molar-refractivity contribution in [3.05, 3.63) is 59.7 Å². The Kier molecular flexibility index (Phi) is 6.72. The Hall–Kier alpha value is -3.21. The molecule has 2 aliphatic heterocycles. The number of hydrogen-bond acceptors (Lipinski definition) is 7. The summed E-state index contributed by atoms with van der Waals surface area (Å²) in [6.07, 6.45) is 0. The zero-order valence-corrected chi connectivity index (χ0v) is 21.3. The first-order valence-electron chi connectivity index (χ1n) is 11.4. The van der Waals surface area contributed by atoms with E-state index in [0.29, 0.717) is 29.3 Å². The summed E-state index contributed by atoms with van der Waals surface area (Å²) in [7, 11) is -2.13. The van der Waals surface area contributed by atoms with Crippen LogP contribution in [0.5, 0.6) is 5.75 Å². The van der Waals surface area contributed by atoms with Crippen LogP contribution < -0.4 is 9.46 Å². The van der Waals surface area contributed by atoms with Crippen molar-refractivity contribution in [1.82, 2.24) is 9.73 Å². The summed E-state index contributed by atoms with van der Waals surface area (Å²) in [6.45, 7) is 8.31. The minimum atomic E-state index is -3.85. The maximum Gasteiger partial charge on any atom is 0.278 e. The third kappa shape index (κ3) is 5.09. The molecule has 2 aliphatic rings. The highest BCUT2D eigenvalue weighted by Crippen LogP contribution is 2.31. The van der Waals surface area contributed by atoms with Crippen molar-refractivity contribution in [3.8, 4) is 5.75 Å². The minimum absolute atomic E-state index is 0.0256. The summed E-state index contributed by atoms with van der Waals surface area (Å²) in [4.78, 5) is 21.9. The molecule has 1 amide bonds. The molecule has 0 aliphatic carbocycles. The summed E-state index contributed by atoms with van der Waals surface area (Å²) >= 11 is 0. The van der Waals surface area contributed by atoms with E-state index in [-0.39, 0.29) is 22.7 Å². The van der Waals surface area contributed by atoms with Crippen LogP contribution in [-0.4, -0.2) is 52.4 Å². The van der Waals surface area contributed by atoms with E-state index in [9.17, 15) is 13.6 Å². The fourth-order valence-electron chi connectivity index (χ4n) is 3.91. The van der Waals surface area contributed by atoms with E-state index in [0.717, 1.165) is 5.56 Å². The molecule has 0 saturated heterocycles. The van der Waals surface area contributed by atoms with Gasteiger partial charge in [-0.05, 0) is 24.6 Å². The number of rotatable bonds is 7. The molecule has 0 saturated carbocycles. The van der Waals surface area contributed by atoms with Crippen molar-refractivity contribution in [1.29, 1.82) is 0 Å². The average molecular weight is 496 g/mol. The molecule has 35 heavy (non-hydrogen) atoms. The van der Waals surface area contributed by atoms with E-state index in [1.807, 2.05) is 58.0 Å². The predicted molar refractivity (Wildman–Crippen MR) is 135 cm³/mol. The number of carbonyl (C=O) groups is 1. The van der Waals surface area contributed by atoms with Crippen LogP contribution in [0, 0.1) is 5.41 Å². The first kappa shape index (κ1) is 24.9. The molecular weight excluding hydrogens is 466 g/mol. The van der Waals surface area contributed by atoms with Gasteiger partial charge in [-0.2, -0.15) is 10.1 Å². The number of carbonyl (C=O) groups excluding carboxylic acids is 1. The normalized spacial score (nSPS) is 19.5. The summed E-state index contributed by atoms with van der Waals surface area (Å²) < 4.78 is 34.5. The number of nitrogens with zero attached hydrogens (tertiary/aromatic N) is 4. The molecule has 0 radical (unpaired) electrons. The Morgan fingerprint density at radius 2 is 1.86 bits per heavy atom. The number of hydrazone groups is 1. The van der Waals surface area contributed by atoms with Gasteiger partial charge in [0.2, 0.25) is 0 Å². The number of amidine groups is 1. The van der Waals surface area contributed by atoms with Crippen LogP contribution in [0.1, 0.15) is 38.8 Å². The number of ether oxygens (including phenoxy) is 1. The van der Waals surface area contributed by atoms with Crippen molar-refractivity contribution in [2.24, 2.45) is 20.5 Å². The Bertz CT molecular complexity index is 1280. The van der Waals surface area contributed by atoms with Crippen molar-refractivity contribution in [3.63, 3.8) is 0 Å². The first-order chi connectivity index (χ1) is 16.5. The van der Waals surface area contributed by atoms with Gasteiger partial charge in [-0.15, -0.1) is 4.72 Å². The van der Waals surface area contributed by atoms with E-state index >= 15 is 0 Å². The molecule has 2 aromatic carbocycles. The van der Waals surface area contributed by atoms with Gasteiger partial charge >= 0.3 is 0 Å². The Labute approximate surface area is 206 Å². The first-order valence-corrected chi connectivity index (χ1v) is 12.8. The van der Waals surface area contributed by atoms with E-state index in [2.05, 4.69) is 14.8 Å². The topological polar surface area (TPSA) is 119 Å². The van der Waals surface area contributed by atoms with Crippen molar-refractivity contribution in [2.75, 3.05) is 13.7 Å². The second-order valence-corrected chi connectivity index (χ2v) is 11.1. The number of fused-ring (bicyclic) bond motifs is 1. The van der Waals surface area contributed by atoms with Gasteiger partial charge in [0.25, 0.3) is 5.91 Å². The average Bonchev–Trinajstić information content (AvgIpc) is 3.16. The Morgan fingerprint density at radius 1 is 1.14 bits per heavy atom. The Balaban J connectivity index is 1.73. The maximum absolute atomic E-state index is 13.1. The largest absolute Gasteiger partial charge is 0.593 e. The molecule has 10 heteroatoms. The monoisotopic (exact) mass is 495 g/mol. The summed E-state index contributed by atoms with van der Waals surface area (Å²) in [6, 6.07) is 13.0. The summed E-state index contributed by atoms with van der Waals surface area (Å²) in [5.41, 5.74) is 2.03. The van der Waals surface area contributed by atoms with Crippen LogP contribution in [0.15, 0.2) is 68.5 Å². The molecular formula is C25H29N5O4S. The molecule has 184 valence electrons. The predicted octanol–water partition coefficient (Wildman–Crippen LogP) is 3.22. The minimum Gasteiger partial charge on any atom is -0.593 e. The lowest BCUT2D eigenvalue weighted by molar-refractivity contribution is -0.120. The molecule has 0 spiro atoms. The van der Waals surface area contributed by atoms with Gasteiger partial charge in [-0.3, -0.25) is 9.80 Å². The van der Waals surface area contributed by atoms with Crippen LogP contribution in [0.2, 0.25) is 0 Å². The molecule has 2 unspecified atom stereocenters. The number of nitrogens with one attached hydrogen (secondary N) is 1. The highest BCUT2D eigenvalue weighted by molar-refractivity contribution is 7.95. The molecule has 2 aromatic rings. The third-order valence-electron chi connectivity index (χ3n) is 5.63. The van der Waals surface area contributed by atoms with Gasteiger partial charge in [0.15, 0.2) is 27.2 Å². The fraction of sp³-hybridized carbons (Fsp3) is 0.360. The van der Waals surface area contributed by atoms with Crippen molar-refractivity contribution >= 4 is 33.6 Å². The van der Waals surface area contributed by atoms with Gasteiger partial charge < -0.3 is 9.29 Å². The van der Waals surface area contributed by atoms with Crippen LogP contribution in [0.4, 0.5) is 0 Å². The van der Waals surface area contributed by atoms with Crippen LogP contribution in [0.25, 0.3) is 0 Å². The number of amides is 1. The van der Waals surface area contributed by atoms with Gasteiger partial charge in [0, 0.05) is 18.5 Å². The Morgan fingerprint density at radius 3 is 2.51 bits per heavy atom. The van der Waals surface area contributed by atoms with Crippen LogP contribution >= 0.6 is 0 Å². The quantitative estimate of drug-likeness (QED) is 0.592. The molecule has 4 rings (SSSR count). The van der Waals surface area contributed by atoms with E-state index in [1.54, 1.807) is 18.1 Å². The second kappa shape index (κ2) is 9.44. The van der Waals surface area contributed by atoms with Crippen molar-refractivity contribution < 1.29 is 18.3 Å². The van der Waals surface area contributed by atoms with E-state index in [4.69, 9.17) is 9.73 Å². The van der Waals surface area contributed by atoms with Crippen LogP contribution in [-0.2, 0) is 25.9 Å². The molecule has 0 fully saturated rings. The van der Waals surface area contributed by atoms with Gasteiger partial charge in [-0.1, -0.05) is 55.3 Å². The summed E-state index contributed by atoms with van der Waals surface area (Å²) in [5.74, 6) is 0.0925. The highest BCUT2D eigenvalue weighted by Gasteiger charge is 2.44. The SMILES string of the molecule is CCOc1ccc([S+](=O)([O-])NCc2ccccc2)cc1C1=NC(=O)C2C(=N1)C(C(C)(C)C)=NN2C. The number of likely N-dealkylation sites (N-methyl/N-ethyl adjacent to an activating group) is 1. The summed E-state index contributed by atoms with van der Waals surface area (Å²) in [5, 5.41) is 6.11. The lowest BCUT2D eigenvalue weighted by Gasteiger charge is -2.23. The van der Waals surface area contributed by atoms with E-state index < -0.39 is 22.3 Å². The zero-order chi connectivity index (χ0) is 25.4. The van der Waals surface area contributed by atoms with Gasteiger partial charge in [0.1, 0.15) is 11.5 Å². The standard InChI is InChI=1S/C25H29N5O4S/c1-6-34-19-13-12-17(35(32,33)26-15-16-10-8-7-9-11-16)14-18(19)23-27-20-21(24(31)28-23)30(5)29-22(20)25(2,3)4/h7-14,21H,6,15H2,1-5H3,(H-,26,32,33). The molecule has 0 bridgehead atoms. The zero-order valence-electron chi connectivity index (χ0n) is 20.4. The molecule has 2 atom stereocenters. The molecule has 1 N–H and O–H groups in total.